The lowest BCUT2D eigenvalue weighted by molar-refractivity contribution is -0.133. The van der Waals surface area contributed by atoms with Crippen LogP contribution in [0.2, 0.25) is 0 Å². The van der Waals surface area contributed by atoms with Crippen LogP contribution in [0, 0.1) is 11.8 Å². The van der Waals surface area contributed by atoms with Crippen LogP contribution < -0.4 is 0 Å². The Labute approximate surface area is 210 Å². The van der Waals surface area contributed by atoms with Gasteiger partial charge < -0.3 is 9.80 Å². The van der Waals surface area contributed by atoms with Gasteiger partial charge in [0.15, 0.2) is 0 Å². The van der Waals surface area contributed by atoms with E-state index in [1.807, 2.05) is 41.3 Å². The molecule has 4 saturated heterocycles. The number of likely N-dealkylation sites (tertiary alicyclic amines) is 1. The second-order valence-corrected chi connectivity index (χ2v) is 11.0. The summed E-state index contributed by atoms with van der Waals surface area (Å²) in [6, 6.07) is 10.7. The summed E-state index contributed by atoms with van der Waals surface area (Å²) < 4.78 is 0. The number of carbonyl (C=O) groups excluding carboxylic acids is 2. The molecular formula is C29H42N4O2. The van der Waals surface area contributed by atoms with Crippen LogP contribution in [0.1, 0.15) is 55.3 Å². The van der Waals surface area contributed by atoms with Crippen LogP contribution in [0.4, 0.5) is 0 Å². The molecule has 35 heavy (non-hydrogen) atoms. The van der Waals surface area contributed by atoms with Gasteiger partial charge in [0.25, 0.3) is 5.91 Å². The first-order valence-electron chi connectivity index (χ1n) is 13.9. The van der Waals surface area contributed by atoms with E-state index >= 15 is 0 Å². The zero-order chi connectivity index (χ0) is 24.2. The Hall–Kier alpha value is -2.18. The van der Waals surface area contributed by atoms with Gasteiger partial charge in [-0.2, -0.15) is 0 Å². The zero-order valence-corrected chi connectivity index (χ0v) is 21.2. The van der Waals surface area contributed by atoms with Crippen LogP contribution >= 0.6 is 0 Å². The predicted molar refractivity (Wildman–Crippen MR) is 139 cm³/mol. The van der Waals surface area contributed by atoms with E-state index in [4.69, 9.17) is 0 Å². The molecule has 0 spiro atoms. The summed E-state index contributed by atoms with van der Waals surface area (Å²) >= 11 is 0. The van der Waals surface area contributed by atoms with Crippen molar-refractivity contribution >= 4 is 11.8 Å². The Balaban J connectivity index is 1.26. The zero-order valence-electron chi connectivity index (χ0n) is 21.2. The Kier molecular flexibility index (Phi) is 7.88. The van der Waals surface area contributed by atoms with Crippen molar-refractivity contribution in [2.24, 2.45) is 11.8 Å². The van der Waals surface area contributed by atoms with Crippen LogP contribution in [0.5, 0.6) is 0 Å². The van der Waals surface area contributed by atoms with Crippen molar-refractivity contribution in [3.8, 4) is 0 Å². The second kappa shape index (κ2) is 11.3. The molecule has 4 fully saturated rings. The fraction of sp³-hybridized carbons (Fsp3) is 0.655. The third-order valence-corrected chi connectivity index (χ3v) is 8.96. The number of hydrogen-bond acceptors (Lipinski definition) is 4. The van der Waals surface area contributed by atoms with Gasteiger partial charge in [-0.05, 0) is 75.6 Å². The maximum Gasteiger partial charge on any atom is 0.254 e. The van der Waals surface area contributed by atoms with Crippen LogP contribution in [-0.2, 0) is 4.79 Å². The predicted octanol–water partition coefficient (Wildman–Crippen LogP) is 3.50. The van der Waals surface area contributed by atoms with Crippen molar-refractivity contribution in [2.75, 3.05) is 52.4 Å². The molecule has 4 aliphatic rings. The first-order chi connectivity index (χ1) is 17.2. The molecule has 4 heterocycles. The lowest BCUT2D eigenvalue weighted by Crippen LogP contribution is -2.65. The highest BCUT2D eigenvalue weighted by Gasteiger charge is 2.49. The van der Waals surface area contributed by atoms with E-state index < -0.39 is 0 Å². The summed E-state index contributed by atoms with van der Waals surface area (Å²) in [6.45, 7) is 11.5. The standard InChI is InChI=1S/C29H42N4O2/c1-2-15-30-18-20-31(21-19-30)27(34)14-6-13-26-25-12-8-17-32-16-7-11-24(28(25)32)22-33(26)29(35)23-9-4-3-5-10-23/h2-5,9-10,24-26,28H,1,6-8,11-22H2/t24-,25+,26+,28-/m0/s1. The van der Waals surface area contributed by atoms with Crippen molar-refractivity contribution in [3.63, 3.8) is 0 Å². The molecule has 0 unspecified atom stereocenters. The van der Waals surface area contributed by atoms with E-state index in [1.165, 1.54) is 38.8 Å². The van der Waals surface area contributed by atoms with Crippen LogP contribution in [0.15, 0.2) is 43.0 Å². The molecule has 2 amide bonds. The van der Waals surface area contributed by atoms with Crippen molar-refractivity contribution in [1.82, 2.24) is 19.6 Å². The molecule has 0 N–H and O–H groups in total. The van der Waals surface area contributed by atoms with Crippen molar-refractivity contribution in [1.29, 1.82) is 0 Å². The van der Waals surface area contributed by atoms with Gasteiger partial charge in [0.05, 0.1) is 0 Å². The number of nitrogens with zero attached hydrogens (tertiary/aromatic N) is 4. The van der Waals surface area contributed by atoms with Gasteiger partial charge in [-0.1, -0.05) is 24.3 Å². The van der Waals surface area contributed by atoms with Crippen molar-refractivity contribution < 1.29 is 9.59 Å². The number of hydrogen-bond donors (Lipinski definition) is 0. The van der Waals surface area contributed by atoms with Crippen molar-refractivity contribution in [2.45, 2.75) is 57.0 Å². The maximum absolute atomic E-state index is 13.7. The second-order valence-electron chi connectivity index (χ2n) is 11.0. The molecular weight excluding hydrogens is 436 g/mol. The third-order valence-electron chi connectivity index (χ3n) is 8.96. The van der Waals surface area contributed by atoms with Crippen LogP contribution in [0.25, 0.3) is 0 Å². The first kappa shape index (κ1) is 24.5. The molecule has 0 bridgehead atoms. The first-order valence-corrected chi connectivity index (χ1v) is 13.9. The molecule has 0 saturated carbocycles. The molecule has 1 aromatic rings. The van der Waals surface area contributed by atoms with E-state index in [1.54, 1.807) is 0 Å². The molecule has 0 radical (unpaired) electrons. The molecule has 4 atom stereocenters. The van der Waals surface area contributed by atoms with Crippen molar-refractivity contribution in [3.05, 3.63) is 48.6 Å². The summed E-state index contributed by atoms with van der Waals surface area (Å²) in [5.74, 6) is 1.58. The average molecular weight is 479 g/mol. The smallest absolute Gasteiger partial charge is 0.254 e. The SMILES string of the molecule is C=CCN1CCN(C(=O)CCC[C@@H]2[C@H]3CCCN4CCC[C@@H](CN2C(=O)c2ccccc2)[C@@H]34)CC1. The summed E-state index contributed by atoms with van der Waals surface area (Å²) in [5, 5.41) is 0. The number of carbonyl (C=O) groups is 2. The van der Waals surface area contributed by atoms with Gasteiger partial charge in [0, 0.05) is 63.3 Å². The molecule has 0 aliphatic carbocycles. The molecule has 0 aromatic heterocycles. The van der Waals surface area contributed by atoms with Gasteiger partial charge >= 0.3 is 0 Å². The molecule has 190 valence electrons. The summed E-state index contributed by atoms with van der Waals surface area (Å²) in [7, 11) is 0. The summed E-state index contributed by atoms with van der Waals surface area (Å²) in [6.07, 6.45) is 9.25. The Morgan fingerprint density at radius 2 is 1.71 bits per heavy atom. The van der Waals surface area contributed by atoms with Crippen LogP contribution in [0.3, 0.4) is 0 Å². The minimum absolute atomic E-state index is 0.182. The molecule has 4 aliphatic heterocycles. The van der Waals surface area contributed by atoms with Gasteiger partial charge in [-0.25, -0.2) is 0 Å². The number of benzene rings is 1. The minimum atomic E-state index is 0.182. The summed E-state index contributed by atoms with van der Waals surface area (Å²) in [5.41, 5.74) is 0.799. The topological polar surface area (TPSA) is 47.1 Å². The highest BCUT2D eigenvalue weighted by molar-refractivity contribution is 5.94. The van der Waals surface area contributed by atoms with E-state index in [0.717, 1.165) is 57.7 Å². The highest BCUT2D eigenvalue weighted by atomic mass is 16.2. The largest absolute Gasteiger partial charge is 0.340 e. The van der Waals surface area contributed by atoms with Gasteiger partial charge in [0.2, 0.25) is 5.91 Å². The normalized spacial score (nSPS) is 29.5. The third kappa shape index (κ3) is 5.34. The summed E-state index contributed by atoms with van der Waals surface area (Å²) in [4.78, 5) is 36.0. The lowest BCUT2D eigenvalue weighted by atomic mass is 9.69. The molecule has 5 rings (SSSR count). The fourth-order valence-electron chi connectivity index (χ4n) is 7.33. The quantitative estimate of drug-likeness (QED) is 0.563. The van der Waals surface area contributed by atoms with E-state index in [0.29, 0.717) is 24.3 Å². The van der Waals surface area contributed by atoms with Gasteiger partial charge in [0.1, 0.15) is 0 Å². The number of piperidine rings is 3. The number of amides is 2. The van der Waals surface area contributed by atoms with E-state index in [-0.39, 0.29) is 17.9 Å². The Bertz CT molecular complexity index is 880. The fourth-order valence-corrected chi connectivity index (χ4v) is 7.33. The van der Waals surface area contributed by atoms with Gasteiger partial charge in [-0.3, -0.25) is 19.4 Å². The van der Waals surface area contributed by atoms with E-state index in [9.17, 15) is 9.59 Å². The Morgan fingerprint density at radius 3 is 2.46 bits per heavy atom. The maximum atomic E-state index is 13.7. The monoisotopic (exact) mass is 478 g/mol. The lowest BCUT2D eigenvalue weighted by Gasteiger charge is -2.57. The highest BCUT2D eigenvalue weighted by Crippen LogP contribution is 2.43. The number of rotatable bonds is 7. The van der Waals surface area contributed by atoms with Crippen LogP contribution in [-0.4, -0.2) is 95.9 Å². The molecule has 6 nitrogen and oxygen atoms in total. The Morgan fingerprint density at radius 1 is 0.971 bits per heavy atom. The molecule has 6 heteroatoms. The average Bonchev–Trinajstić information content (AvgIpc) is 2.90. The number of piperazine rings is 1. The van der Waals surface area contributed by atoms with E-state index in [2.05, 4.69) is 21.3 Å². The minimum Gasteiger partial charge on any atom is -0.340 e. The van der Waals surface area contributed by atoms with Gasteiger partial charge in [-0.15, -0.1) is 6.58 Å². The molecule has 1 aromatic carbocycles.